The molecule has 0 heterocycles. The van der Waals surface area contributed by atoms with Gasteiger partial charge >= 0.3 is 0 Å². The second kappa shape index (κ2) is 4.94. The van der Waals surface area contributed by atoms with Gasteiger partial charge in [0, 0.05) is 11.8 Å². The van der Waals surface area contributed by atoms with Gasteiger partial charge in [-0.3, -0.25) is 4.79 Å². The van der Waals surface area contributed by atoms with Crippen molar-refractivity contribution in [3.63, 3.8) is 0 Å². The molecule has 0 atom stereocenters. The zero-order valence-corrected chi connectivity index (χ0v) is 11.5. The Labute approximate surface area is 112 Å². The molecular formula is C13H17NO4S. The molecule has 1 aliphatic carbocycles. The zero-order chi connectivity index (χ0) is 14.1. The highest BCUT2D eigenvalue weighted by molar-refractivity contribution is 7.90. The van der Waals surface area contributed by atoms with Gasteiger partial charge in [-0.15, -0.1) is 0 Å². The maximum atomic E-state index is 12.0. The second-order valence-electron chi connectivity index (χ2n) is 5.04. The van der Waals surface area contributed by atoms with Crippen LogP contribution in [0.3, 0.4) is 0 Å². The van der Waals surface area contributed by atoms with Crippen molar-refractivity contribution >= 4 is 15.7 Å². The first-order valence-corrected chi connectivity index (χ1v) is 7.99. The van der Waals surface area contributed by atoms with Crippen molar-refractivity contribution in [1.82, 2.24) is 5.32 Å². The quantitative estimate of drug-likeness (QED) is 0.853. The van der Waals surface area contributed by atoms with Crippen molar-refractivity contribution in [2.24, 2.45) is 0 Å². The van der Waals surface area contributed by atoms with E-state index in [1.54, 1.807) is 0 Å². The average molecular weight is 283 g/mol. The zero-order valence-electron chi connectivity index (χ0n) is 10.7. The highest BCUT2D eigenvalue weighted by Crippen LogP contribution is 2.31. The minimum atomic E-state index is -3.25. The third-order valence-electron chi connectivity index (χ3n) is 3.54. The number of aliphatic hydroxyl groups is 1. The number of hydrogen-bond donors (Lipinski definition) is 2. The number of aliphatic hydroxyl groups excluding tert-OH is 1. The van der Waals surface area contributed by atoms with Crippen LogP contribution in [-0.4, -0.2) is 37.8 Å². The number of sulfone groups is 1. The summed E-state index contributed by atoms with van der Waals surface area (Å²) in [7, 11) is -3.25. The Kier molecular flexibility index (Phi) is 3.64. The lowest BCUT2D eigenvalue weighted by atomic mass is 9.77. The topological polar surface area (TPSA) is 83.5 Å². The monoisotopic (exact) mass is 283 g/mol. The highest BCUT2D eigenvalue weighted by atomic mass is 32.2. The van der Waals surface area contributed by atoms with E-state index >= 15 is 0 Å². The first-order valence-electron chi connectivity index (χ1n) is 6.10. The third kappa shape index (κ3) is 2.96. The summed E-state index contributed by atoms with van der Waals surface area (Å²) in [5.41, 5.74) is -0.0980. The molecule has 2 N–H and O–H groups in total. The molecule has 0 aromatic heterocycles. The maximum absolute atomic E-state index is 12.0. The van der Waals surface area contributed by atoms with Crippen LogP contribution in [0.15, 0.2) is 29.2 Å². The summed E-state index contributed by atoms with van der Waals surface area (Å²) in [6.45, 7) is -0.0693. The Hall–Kier alpha value is -1.40. The molecule has 0 aliphatic heterocycles. The highest BCUT2D eigenvalue weighted by Gasteiger charge is 2.37. The molecule has 1 aliphatic rings. The summed E-state index contributed by atoms with van der Waals surface area (Å²) in [6.07, 6.45) is 3.67. The van der Waals surface area contributed by atoms with Gasteiger partial charge in [0.2, 0.25) is 0 Å². The Balaban J connectivity index is 2.12. The summed E-state index contributed by atoms with van der Waals surface area (Å²) in [4.78, 5) is 12.2. The number of rotatable bonds is 4. The van der Waals surface area contributed by atoms with Crippen LogP contribution in [0.4, 0.5) is 0 Å². The summed E-state index contributed by atoms with van der Waals surface area (Å²) in [6, 6.07) is 5.79. The minimum absolute atomic E-state index is 0.0693. The van der Waals surface area contributed by atoms with E-state index in [0.29, 0.717) is 5.56 Å². The first-order chi connectivity index (χ1) is 8.86. The lowest BCUT2D eigenvalue weighted by Gasteiger charge is -2.40. The molecule has 1 amide bonds. The fourth-order valence-corrected chi connectivity index (χ4v) is 2.72. The molecule has 104 valence electrons. The maximum Gasteiger partial charge on any atom is 0.251 e. The van der Waals surface area contributed by atoms with Crippen LogP contribution in [0.25, 0.3) is 0 Å². The van der Waals surface area contributed by atoms with Crippen molar-refractivity contribution in [1.29, 1.82) is 0 Å². The SMILES string of the molecule is CS(=O)(=O)c1ccc(C(=O)NC2(CO)CCC2)cc1. The standard InChI is InChI=1S/C13H17NO4S/c1-19(17,18)11-5-3-10(4-6-11)12(16)14-13(9-15)7-2-8-13/h3-6,15H,2,7-9H2,1H3,(H,14,16). The normalized spacial score (nSPS) is 17.6. The molecule has 6 heteroatoms. The van der Waals surface area contributed by atoms with Gasteiger partial charge in [-0.1, -0.05) is 0 Å². The van der Waals surface area contributed by atoms with Gasteiger partial charge in [-0.2, -0.15) is 0 Å². The molecule has 2 rings (SSSR count). The Bertz CT molecular complexity index is 568. The van der Waals surface area contributed by atoms with Crippen LogP contribution in [0, 0.1) is 0 Å². The van der Waals surface area contributed by atoms with E-state index in [1.165, 1.54) is 24.3 Å². The van der Waals surface area contributed by atoms with Gasteiger partial charge in [-0.05, 0) is 43.5 Å². The van der Waals surface area contributed by atoms with Gasteiger partial charge in [0.25, 0.3) is 5.91 Å². The molecule has 0 bridgehead atoms. The number of benzene rings is 1. The fraction of sp³-hybridized carbons (Fsp3) is 0.462. The summed E-state index contributed by atoms with van der Waals surface area (Å²) >= 11 is 0. The molecule has 0 saturated heterocycles. The molecule has 0 radical (unpaired) electrons. The molecule has 19 heavy (non-hydrogen) atoms. The Morgan fingerprint density at radius 2 is 1.89 bits per heavy atom. The number of hydrogen-bond acceptors (Lipinski definition) is 4. The van der Waals surface area contributed by atoms with Gasteiger partial charge in [0.1, 0.15) is 0 Å². The van der Waals surface area contributed by atoms with Crippen molar-refractivity contribution in [3.8, 4) is 0 Å². The molecule has 0 unspecified atom stereocenters. The van der Waals surface area contributed by atoms with E-state index in [2.05, 4.69) is 5.32 Å². The van der Waals surface area contributed by atoms with Gasteiger partial charge < -0.3 is 10.4 Å². The lowest BCUT2D eigenvalue weighted by molar-refractivity contribution is 0.0641. The summed E-state index contributed by atoms with van der Waals surface area (Å²) in [5, 5.41) is 12.1. The molecule has 1 fully saturated rings. The average Bonchev–Trinajstić information content (AvgIpc) is 2.32. The van der Waals surface area contributed by atoms with Crippen molar-refractivity contribution in [2.45, 2.75) is 29.7 Å². The van der Waals surface area contributed by atoms with Crippen LogP contribution in [-0.2, 0) is 9.84 Å². The second-order valence-corrected chi connectivity index (χ2v) is 7.06. The number of carbonyl (C=O) groups excluding carboxylic acids is 1. The van der Waals surface area contributed by atoms with E-state index in [-0.39, 0.29) is 17.4 Å². The van der Waals surface area contributed by atoms with Crippen molar-refractivity contribution in [3.05, 3.63) is 29.8 Å². The number of nitrogens with one attached hydrogen (secondary N) is 1. The van der Waals surface area contributed by atoms with Crippen LogP contribution in [0.5, 0.6) is 0 Å². The molecule has 0 spiro atoms. The molecule has 1 aromatic carbocycles. The van der Waals surface area contributed by atoms with Crippen LogP contribution < -0.4 is 5.32 Å². The van der Waals surface area contributed by atoms with Gasteiger partial charge in [0.05, 0.1) is 17.0 Å². The molecular weight excluding hydrogens is 266 g/mol. The first kappa shape index (κ1) is 14.0. The number of carbonyl (C=O) groups is 1. The number of amides is 1. The fourth-order valence-electron chi connectivity index (χ4n) is 2.09. The molecule has 1 saturated carbocycles. The van der Waals surface area contributed by atoms with E-state index in [0.717, 1.165) is 25.5 Å². The predicted octanol–water partition coefficient (Wildman–Crippen LogP) is 0.735. The van der Waals surface area contributed by atoms with Crippen molar-refractivity contribution in [2.75, 3.05) is 12.9 Å². The van der Waals surface area contributed by atoms with E-state index < -0.39 is 15.4 Å². The van der Waals surface area contributed by atoms with Crippen LogP contribution >= 0.6 is 0 Å². The largest absolute Gasteiger partial charge is 0.394 e. The van der Waals surface area contributed by atoms with E-state index in [1.807, 2.05) is 0 Å². The van der Waals surface area contributed by atoms with Gasteiger partial charge in [0.15, 0.2) is 9.84 Å². The van der Waals surface area contributed by atoms with Crippen molar-refractivity contribution < 1.29 is 18.3 Å². The Morgan fingerprint density at radius 1 is 1.32 bits per heavy atom. The van der Waals surface area contributed by atoms with Gasteiger partial charge in [-0.25, -0.2) is 8.42 Å². The van der Waals surface area contributed by atoms with E-state index in [4.69, 9.17) is 0 Å². The predicted molar refractivity (Wildman–Crippen MR) is 70.7 cm³/mol. The minimum Gasteiger partial charge on any atom is -0.394 e. The smallest absolute Gasteiger partial charge is 0.251 e. The summed E-state index contributed by atoms with van der Waals surface area (Å²) < 4.78 is 22.6. The molecule has 5 nitrogen and oxygen atoms in total. The molecule has 1 aromatic rings. The summed E-state index contributed by atoms with van der Waals surface area (Å²) in [5.74, 6) is -0.284. The van der Waals surface area contributed by atoms with E-state index in [9.17, 15) is 18.3 Å². The lowest BCUT2D eigenvalue weighted by Crippen LogP contribution is -2.56. The van der Waals surface area contributed by atoms with Crippen LogP contribution in [0.2, 0.25) is 0 Å². The Morgan fingerprint density at radius 3 is 2.26 bits per heavy atom. The third-order valence-corrected chi connectivity index (χ3v) is 4.67. The van der Waals surface area contributed by atoms with Crippen LogP contribution in [0.1, 0.15) is 29.6 Å².